The summed E-state index contributed by atoms with van der Waals surface area (Å²) in [6.45, 7) is 0. The number of nitrogens with zero attached hydrogens (tertiary/aromatic N) is 2. The van der Waals surface area contributed by atoms with Crippen molar-refractivity contribution in [2.24, 2.45) is 0 Å². The van der Waals surface area contributed by atoms with Crippen LogP contribution in [0, 0.1) is 0 Å². The molecule has 14 heavy (non-hydrogen) atoms. The molecule has 0 atom stereocenters. The highest BCUT2D eigenvalue weighted by Gasteiger charge is 1.96. The molecule has 0 N–H and O–H groups in total. The van der Waals surface area contributed by atoms with Gasteiger partial charge in [0.05, 0.1) is 5.69 Å². The average Bonchev–Trinajstić information content (AvgIpc) is 2.72. The molecule has 0 unspecified atom stereocenters. The zero-order valence-electron chi connectivity index (χ0n) is 7.89. The molecule has 0 saturated heterocycles. The Morgan fingerprint density at radius 1 is 1.07 bits per heavy atom. The molecular formula is C11H12N2S. The third kappa shape index (κ3) is 2.64. The number of hydrogen-bond donors (Lipinski definition) is 0. The second-order valence-corrected chi connectivity index (χ2v) is 3.85. The highest BCUT2D eigenvalue weighted by molar-refractivity contribution is 7.03. The normalized spacial score (nSPS) is 10.3. The fourth-order valence-corrected chi connectivity index (χ4v) is 1.90. The van der Waals surface area contributed by atoms with Gasteiger partial charge in [-0.25, -0.2) is 0 Å². The zero-order chi connectivity index (χ0) is 9.64. The van der Waals surface area contributed by atoms with E-state index in [1.807, 2.05) is 11.4 Å². The lowest BCUT2D eigenvalue weighted by Gasteiger charge is -1.98. The van der Waals surface area contributed by atoms with Gasteiger partial charge in [-0.05, 0) is 36.4 Å². The first kappa shape index (κ1) is 9.34. The summed E-state index contributed by atoms with van der Waals surface area (Å²) in [6, 6.07) is 10.5. The number of rotatable bonds is 4. The Morgan fingerprint density at radius 3 is 2.64 bits per heavy atom. The number of hydrogen-bond acceptors (Lipinski definition) is 3. The topological polar surface area (TPSA) is 25.8 Å². The van der Waals surface area contributed by atoms with Crippen molar-refractivity contribution in [3.8, 4) is 0 Å². The largest absolute Gasteiger partial charge is 0.143 e. The third-order valence-corrected chi connectivity index (χ3v) is 2.70. The molecule has 0 spiro atoms. The van der Waals surface area contributed by atoms with Crippen molar-refractivity contribution in [3.63, 3.8) is 0 Å². The molecule has 0 radical (unpaired) electrons. The molecule has 0 saturated carbocycles. The highest BCUT2D eigenvalue weighted by atomic mass is 32.1. The second-order valence-electron chi connectivity index (χ2n) is 3.24. The molecule has 0 bridgehead atoms. The molecule has 2 rings (SSSR count). The molecule has 0 aliphatic rings. The molecule has 1 aromatic heterocycles. The van der Waals surface area contributed by atoms with Gasteiger partial charge in [0, 0.05) is 5.38 Å². The molecule has 2 nitrogen and oxygen atoms in total. The van der Waals surface area contributed by atoms with Crippen LogP contribution in [-0.4, -0.2) is 9.59 Å². The first-order chi connectivity index (χ1) is 6.95. The van der Waals surface area contributed by atoms with E-state index in [2.05, 4.69) is 33.9 Å². The molecular weight excluding hydrogens is 192 g/mol. The number of benzene rings is 1. The van der Waals surface area contributed by atoms with Gasteiger partial charge in [0.25, 0.3) is 0 Å². The van der Waals surface area contributed by atoms with Gasteiger partial charge >= 0.3 is 0 Å². The lowest BCUT2D eigenvalue weighted by atomic mass is 10.1. The van der Waals surface area contributed by atoms with Crippen LogP contribution in [0.2, 0.25) is 0 Å². The summed E-state index contributed by atoms with van der Waals surface area (Å²) >= 11 is 1.42. The number of aromatic nitrogens is 2. The molecule has 0 fully saturated rings. The molecule has 1 heterocycles. The van der Waals surface area contributed by atoms with E-state index in [4.69, 9.17) is 0 Å². The van der Waals surface area contributed by atoms with Crippen LogP contribution in [0.3, 0.4) is 0 Å². The van der Waals surface area contributed by atoms with E-state index in [1.165, 1.54) is 17.1 Å². The van der Waals surface area contributed by atoms with E-state index < -0.39 is 0 Å². The minimum Gasteiger partial charge on any atom is -0.143 e. The maximum absolute atomic E-state index is 4.02. The fraction of sp³-hybridized carbons (Fsp3) is 0.273. The van der Waals surface area contributed by atoms with Crippen LogP contribution < -0.4 is 0 Å². The minimum atomic E-state index is 1.03. The van der Waals surface area contributed by atoms with Crippen molar-refractivity contribution in [2.45, 2.75) is 19.3 Å². The van der Waals surface area contributed by atoms with E-state index in [0.29, 0.717) is 0 Å². The second kappa shape index (κ2) is 4.86. The van der Waals surface area contributed by atoms with Crippen LogP contribution in [-0.2, 0) is 12.8 Å². The first-order valence-electron chi connectivity index (χ1n) is 4.75. The summed E-state index contributed by atoms with van der Waals surface area (Å²) in [4.78, 5) is 0. The summed E-state index contributed by atoms with van der Waals surface area (Å²) in [6.07, 6.45) is 3.30. The van der Waals surface area contributed by atoms with Crippen LogP contribution >= 0.6 is 11.5 Å². The minimum absolute atomic E-state index is 1.03. The smallest absolute Gasteiger partial charge is 0.0755 e. The molecule has 2 aromatic rings. The maximum atomic E-state index is 4.02. The van der Waals surface area contributed by atoms with E-state index in [-0.39, 0.29) is 0 Å². The summed E-state index contributed by atoms with van der Waals surface area (Å²) in [7, 11) is 0. The Labute approximate surface area is 87.8 Å². The van der Waals surface area contributed by atoms with Crippen molar-refractivity contribution in [1.82, 2.24) is 9.59 Å². The first-order valence-corrected chi connectivity index (χ1v) is 5.58. The molecule has 3 heteroatoms. The van der Waals surface area contributed by atoms with Crippen molar-refractivity contribution in [1.29, 1.82) is 0 Å². The van der Waals surface area contributed by atoms with Crippen molar-refractivity contribution in [3.05, 3.63) is 47.0 Å². The summed E-state index contributed by atoms with van der Waals surface area (Å²) in [5.74, 6) is 0. The summed E-state index contributed by atoms with van der Waals surface area (Å²) < 4.78 is 3.84. The van der Waals surface area contributed by atoms with Crippen molar-refractivity contribution < 1.29 is 0 Å². The van der Waals surface area contributed by atoms with E-state index >= 15 is 0 Å². The van der Waals surface area contributed by atoms with E-state index in [0.717, 1.165) is 25.0 Å². The predicted molar refractivity (Wildman–Crippen MR) is 58.4 cm³/mol. The molecule has 0 aliphatic heterocycles. The van der Waals surface area contributed by atoms with Gasteiger partial charge in [0.15, 0.2) is 0 Å². The van der Waals surface area contributed by atoms with Gasteiger partial charge in [-0.2, -0.15) is 0 Å². The van der Waals surface area contributed by atoms with Gasteiger partial charge in [-0.15, -0.1) is 5.10 Å². The van der Waals surface area contributed by atoms with Crippen LogP contribution in [0.5, 0.6) is 0 Å². The summed E-state index contributed by atoms with van der Waals surface area (Å²) in [5.41, 5.74) is 2.52. The molecule has 0 amide bonds. The Bertz CT molecular complexity index is 356. The Balaban J connectivity index is 1.79. The van der Waals surface area contributed by atoms with Crippen LogP contribution in [0.25, 0.3) is 0 Å². The Kier molecular flexibility index (Phi) is 3.24. The average molecular weight is 204 g/mol. The summed E-state index contributed by atoms with van der Waals surface area (Å²) in [5, 5.41) is 6.03. The third-order valence-electron chi connectivity index (χ3n) is 2.15. The SMILES string of the molecule is c1ccc(CCCc2csnn2)cc1. The van der Waals surface area contributed by atoms with E-state index in [9.17, 15) is 0 Å². The van der Waals surface area contributed by atoms with Crippen molar-refractivity contribution >= 4 is 11.5 Å². The quantitative estimate of drug-likeness (QED) is 0.765. The van der Waals surface area contributed by atoms with E-state index in [1.54, 1.807) is 0 Å². The van der Waals surface area contributed by atoms with Gasteiger partial charge in [-0.1, -0.05) is 34.8 Å². The van der Waals surface area contributed by atoms with Crippen molar-refractivity contribution in [2.75, 3.05) is 0 Å². The van der Waals surface area contributed by atoms with Crippen LogP contribution in [0.4, 0.5) is 0 Å². The lowest BCUT2D eigenvalue weighted by molar-refractivity contribution is 0.794. The Morgan fingerprint density at radius 2 is 1.93 bits per heavy atom. The van der Waals surface area contributed by atoms with Gasteiger partial charge < -0.3 is 0 Å². The maximum Gasteiger partial charge on any atom is 0.0755 e. The standard InChI is InChI=1S/C11H12N2S/c1-2-5-10(6-3-1)7-4-8-11-9-14-13-12-11/h1-3,5-6,9H,4,7-8H2. The molecule has 72 valence electrons. The predicted octanol–water partition coefficient (Wildman–Crippen LogP) is 2.71. The molecule has 1 aromatic carbocycles. The monoisotopic (exact) mass is 204 g/mol. The Hall–Kier alpha value is -1.22. The number of aryl methyl sites for hydroxylation is 2. The fourth-order valence-electron chi connectivity index (χ4n) is 1.41. The van der Waals surface area contributed by atoms with Crippen LogP contribution in [0.15, 0.2) is 35.7 Å². The van der Waals surface area contributed by atoms with Crippen LogP contribution in [0.1, 0.15) is 17.7 Å². The molecule has 0 aliphatic carbocycles. The van der Waals surface area contributed by atoms with Gasteiger partial charge in [-0.3, -0.25) is 0 Å². The zero-order valence-corrected chi connectivity index (χ0v) is 8.70. The van der Waals surface area contributed by atoms with Gasteiger partial charge in [0.2, 0.25) is 0 Å². The van der Waals surface area contributed by atoms with Gasteiger partial charge in [0.1, 0.15) is 0 Å². The lowest BCUT2D eigenvalue weighted by Crippen LogP contribution is -1.90. The highest BCUT2D eigenvalue weighted by Crippen LogP contribution is 2.06.